The molecule has 0 saturated carbocycles. The fourth-order valence-corrected chi connectivity index (χ4v) is 2.23. The summed E-state index contributed by atoms with van der Waals surface area (Å²) in [6.45, 7) is 2.09. The first-order valence-corrected chi connectivity index (χ1v) is 5.76. The van der Waals surface area contributed by atoms with E-state index >= 15 is 0 Å². The molecule has 1 aliphatic heterocycles. The molecule has 16 heavy (non-hydrogen) atoms. The Morgan fingerprint density at radius 2 is 1.88 bits per heavy atom. The molecule has 3 nitrogen and oxygen atoms in total. The monoisotopic (exact) mass is 213 g/mol. The lowest BCUT2D eigenvalue weighted by atomic mass is 10.2. The van der Waals surface area contributed by atoms with E-state index < -0.39 is 0 Å². The lowest BCUT2D eigenvalue weighted by Crippen LogP contribution is -2.17. The summed E-state index contributed by atoms with van der Waals surface area (Å²) in [6, 6.07) is 10.4. The van der Waals surface area contributed by atoms with E-state index in [-0.39, 0.29) is 0 Å². The third-order valence-electron chi connectivity index (χ3n) is 3.06. The molecule has 1 aromatic carbocycles. The van der Waals surface area contributed by atoms with Crippen molar-refractivity contribution in [3.05, 3.63) is 48.0 Å². The zero-order valence-corrected chi connectivity index (χ0v) is 9.19. The summed E-state index contributed by atoms with van der Waals surface area (Å²) in [7, 11) is 0. The third kappa shape index (κ3) is 1.63. The fraction of sp³-hybridized carbons (Fsp3) is 0.308. The zero-order valence-electron chi connectivity index (χ0n) is 9.19. The van der Waals surface area contributed by atoms with Gasteiger partial charge in [0.15, 0.2) is 0 Å². The maximum atomic E-state index is 4.52. The molecule has 0 atom stereocenters. The molecule has 3 heteroatoms. The lowest BCUT2D eigenvalue weighted by molar-refractivity contribution is 0.698. The van der Waals surface area contributed by atoms with Crippen molar-refractivity contribution in [2.45, 2.75) is 12.8 Å². The van der Waals surface area contributed by atoms with Crippen molar-refractivity contribution in [3.8, 4) is 5.69 Å². The molecule has 0 spiro atoms. The van der Waals surface area contributed by atoms with Crippen LogP contribution >= 0.6 is 0 Å². The first-order valence-electron chi connectivity index (χ1n) is 5.76. The Balaban J connectivity index is 2.06. The van der Waals surface area contributed by atoms with Crippen molar-refractivity contribution < 1.29 is 0 Å². The van der Waals surface area contributed by atoms with Crippen LogP contribution in [0.25, 0.3) is 5.69 Å². The first-order chi connectivity index (χ1) is 7.95. The molecule has 0 aliphatic carbocycles. The second-order valence-electron chi connectivity index (χ2n) is 4.09. The van der Waals surface area contributed by atoms with Crippen LogP contribution in [0.3, 0.4) is 0 Å². The van der Waals surface area contributed by atoms with Crippen molar-refractivity contribution >= 4 is 0 Å². The molecule has 1 aliphatic rings. The van der Waals surface area contributed by atoms with Crippen LogP contribution in [0.1, 0.15) is 11.4 Å². The van der Waals surface area contributed by atoms with Crippen LogP contribution < -0.4 is 5.32 Å². The van der Waals surface area contributed by atoms with Crippen molar-refractivity contribution in [1.29, 1.82) is 0 Å². The number of aromatic nitrogens is 2. The highest BCUT2D eigenvalue weighted by molar-refractivity contribution is 5.35. The van der Waals surface area contributed by atoms with Gasteiger partial charge in [0.25, 0.3) is 0 Å². The minimum absolute atomic E-state index is 1.04. The molecule has 0 radical (unpaired) electrons. The first kappa shape index (κ1) is 9.60. The number of rotatable bonds is 1. The molecule has 2 aromatic rings. The summed E-state index contributed by atoms with van der Waals surface area (Å²) in [6.07, 6.45) is 4.05. The normalized spacial score (nSPS) is 15.5. The molecule has 0 fully saturated rings. The molecule has 2 heterocycles. The van der Waals surface area contributed by atoms with Gasteiger partial charge in [-0.05, 0) is 12.1 Å². The van der Waals surface area contributed by atoms with Crippen molar-refractivity contribution in [1.82, 2.24) is 14.9 Å². The predicted octanol–water partition coefficient (Wildman–Crippen LogP) is 1.56. The topological polar surface area (TPSA) is 29.9 Å². The average Bonchev–Trinajstić information content (AvgIpc) is 2.60. The molecule has 0 amide bonds. The van der Waals surface area contributed by atoms with Gasteiger partial charge in [0.1, 0.15) is 0 Å². The van der Waals surface area contributed by atoms with Gasteiger partial charge < -0.3 is 9.88 Å². The fourth-order valence-electron chi connectivity index (χ4n) is 2.23. The van der Waals surface area contributed by atoms with Gasteiger partial charge >= 0.3 is 0 Å². The Labute approximate surface area is 95.1 Å². The van der Waals surface area contributed by atoms with Crippen LogP contribution in [0.5, 0.6) is 0 Å². The van der Waals surface area contributed by atoms with E-state index in [2.05, 4.69) is 39.1 Å². The maximum absolute atomic E-state index is 4.52. The van der Waals surface area contributed by atoms with Crippen LogP contribution in [0.15, 0.2) is 36.7 Å². The average molecular weight is 213 g/mol. The van der Waals surface area contributed by atoms with Crippen LogP contribution in [0, 0.1) is 0 Å². The molecule has 0 bridgehead atoms. The summed E-state index contributed by atoms with van der Waals surface area (Å²) in [5.41, 5.74) is 3.81. The number of hydrogen-bond donors (Lipinski definition) is 1. The van der Waals surface area contributed by atoms with Crippen LogP contribution in [-0.4, -0.2) is 22.6 Å². The van der Waals surface area contributed by atoms with Gasteiger partial charge in [-0.15, -0.1) is 0 Å². The summed E-state index contributed by atoms with van der Waals surface area (Å²) >= 11 is 0. The van der Waals surface area contributed by atoms with Crippen LogP contribution in [-0.2, 0) is 12.8 Å². The summed E-state index contributed by atoms with van der Waals surface area (Å²) in [5, 5.41) is 3.41. The number of hydrogen-bond acceptors (Lipinski definition) is 2. The van der Waals surface area contributed by atoms with Crippen LogP contribution in [0.2, 0.25) is 0 Å². The molecule has 3 rings (SSSR count). The summed E-state index contributed by atoms with van der Waals surface area (Å²) in [4.78, 5) is 4.52. The van der Waals surface area contributed by atoms with Gasteiger partial charge in [-0.1, -0.05) is 18.2 Å². The van der Waals surface area contributed by atoms with Crippen molar-refractivity contribution in [2.24, 2.45) is 0 Å². The predicted molar refractivity (Wildman–Crippen MR) is 63.8 cm³/mol. The number of para-hydroxylation sites is 1. The minimum atomic E-state index is 1.04. The molecule has 82 valence electrons. The Morgan fingerprint density at radius 1 is 1.06 bits per heavy atom. The highest BCUT2D eigenvalue weighted by atomic mass is 15.1. The van der Waals surface area contributed by atoms with E-state index in [0.29, 0.717) is 0 Å². The Kier molecular flexibility index (Phi) is 2.46. The highest BCUT2D eigenvalue weighted by Crippen LogP contribution is 2.16. The highest BCUT2D eigenvalue weighted by Gasteiger charge is 2.13. The zero-order chi connectivity index (χ0) is 10.8. The van der Waals surface area contributed by atoms with Gasteiger partial charge in [-0.25, -0.2) is 4.98 Å². The molecule has 0 unspecified atom stereocenters. The Morgan fingerprint density at radius 3 is 2.75 bits per heavy atom. The number of imidazole rings is 1. The van der Waals surface area contributed by atoms with E-state index in [0.717, 1.165) is 25.9 Å². The molecule has 1 N–H and O–H groups in total. The molecular weight excluding hydrogens is 198 g/mol. The minimum Gasteiger partial charge on any atom is -0.316 e. The number of nitrogens with one attached hydrogen (secondary N) is 1. The van der Waals surface area contributed by atoms with Gasteiger partial charge in [-0.3, -0.25) is 0 Å². The SMILES string of the molecule is c1ccc(-n2cnc3c2CCNCC3)cc1. The van der Waals surface area contributed by atoms with E-state index in [1.165, 1.54) is 17.1 Å². The van der Waals surface area contributed by atoms with E-state index in [9.17, 15) is 0 Å². The number of nitrogens with zero attached hydrogens (tertiary/aromatic N) is 2. The van der Waals surface area contributed by atoms with E-state index in [1.54, 1.807) is 0 Å². The maximum Gasteiger partial charge on any atom is 0.0997 e. The Hall–Kier alpha value is -1.61. The third-order valence-corrected chi connectivity index (χ3v) is 3.06. The van der Waals surface area contributed by atoms with Gasteiger partial charge in [0, 0.05) is 37.3 Å². The molecule has 1 aromatic heterocycles. The Bertz CT molecular complexity index is 473. The van der Waals surface area contributed by atoms with Crippen LogP contribution in [0.4, 0.5) is 0 Å². The van der Waals surface area contributed by atoms with Crippen molar-refractivity contribution in [3.63, 3.8) is 0 Å². The standard InChI is InChI=1S/C13H15N3/c1-2-4-11(5-3-1)16-10-15-12-6-8-14-9-7-13(12)16/h1-5,10,14H,6-9H2. The quantitative estimate of drug-likeness (QED) is 0.779. The lowest BCUT2D eigenvalue weighted by Gasteiger charge is -2.07. The second kappa shape index (κ2) is 4.10. The van der Waals surface area contributed by atoms with Crippen molar-refractivity contribution in [2.75, 3.05) is 13.1 Å². The second-order valence-corrected chi connectivity index (χ2v) is 4.09. The summed E-state index contributed by atoms with van der Waals surface area (Å²) in [5.74, 6) is 0. The van der Waals surface area contributed by atoms with Gasteiger partial charge in [-0.2, -0.15) is 0 Å². The summed E-state index contributed by atoms with van der Waals surface area (Å²) < 4.78 is 2.21. The van der Waals surface area contributed by atoms with Gasteiger partial charge in [0.05, 0.1) is 12.0 Å². The van der Waals surface area contributed by atoms with Gasteiger partial charge in [0.2, 0.25) is 0 Å². The van der Waals surface area contributed by atoms with E-state index in [1.807, 2.05) is 12.4 Å². The van der Waals surface area contributed by atoms with E-state index in [4.69, 9.17) is 0 Å². The molecular formula is C13H15N3. The number of fused-ring (bicyclic) bond motifs is 1. The smallest absolute Gasteiger partial charge is 0.0997 e. The largest absolute Gasteiger partial charge is 0.316 e. The molecule has 0 saturated heterocycles. The number of benzene rings is 1.